The Hall–Kier alpha value is -1.36. The van der Waals surface area contributed by atoms with Gasteiger partial charge in [-0.1, -0.05) is 20.8 Å². The lowest BCUT2D eigenvalue weighted by molar-refractivity contribution is 0.0459. The summed E-state index contributed by atoms with van der Waals surface area (Å²) in [4.78, 5) is 12.6. The Bertz CT molecular complexity index is 410. The fourth-order valence-corrected chi connectivity index (χ4v) is 2.17. The lowest BCUT2D eigenvalue weighted by Gasteiger charge is -2.11. The minimum atomic E-state index is -0.379. The summed E-state index contributed by atoms with van der Waals surface area (Å²) in [5.74, 6) is 0.805. The SMILES string of the molecule is CCSc1c(N)cc(C(=O)OCC(C)C)cc1N. The van der Waals surface area contributed by atoms with E-state index in [1.165, 1.54) is 0 Å². The molecule has 0 aliphatic rings. The maximum atomic E-state index is 11.8. The van der Waals surface area contributed by atoms with Gasteiger partial charge >= 0.3 is 5.97 Å². The van der Waals surface area contributed by atoms with Gasteiger partial charge in [-0.05, 0) is 23.8 Å². The predicted octanol–water partition coefficient (Wildman–Crippen LogP) is 2.78. The van der Waals surface area contributed by atoms with Crippen LogP contribution in [0.1, 0.15) is 31.1 Å². The lowest BCUT2D eigenvalue weighted by Crippen LogP contribution is -2.11. The molecule has 0 aromatic heterocycles. The van der Waals surface area contributed by atoms with E-state index >= 15 is 0 Å². The van der Waals surface area contributed by atoms with Gasteiger partial charge in [-0.2, -0.15) is 0 Å². The fourth-order valence-electron chi connectivity index (χ4n) is 1.43. The largest absolute Gasteiger partial charge is 0.462 e. The average Bonchev–Trinajstić information content (AvgIpc) is 2.30. The van der Waals surface area contributed by atoms with E-state index in [0.29, 0.717) is 29.5 Å². The second-order valence-electron chi connectivity index (χ2n) is 4.41. The first kappa shape index (κ1) is 14.7. The number of benzene rings is 1. The molecule has 4 N–H and O–H groups in total. The number of carbonyl (C=O) groups is 1. The number of esters is 1. The molecule has 18 heavy (non-hydrogen) atoms. The topological polar surface area (TPSA) is 78.3 Å². The maximum absolute atomic E-state index is 11.8. The summed E-state index contributed by atoms with van der Waals surface area (Å²) in [7, 11) is 0. The quantitative estimate of drug-likeness (QED) is 0.488. The molecular weight excluding hydrogens is 248 g/mol. The van der Waals surface area contributed by atoms with E-state index in [1.807, 2.05) is 20.8 Å². The molecule has 0 fully saturated rings. The second-order valence-corrected chi connectivity index (χ2v) is 5.68. The van der Waals surface area contributed by atoms with Crippen molar-refractivity contribution in [1.29, 1.82) is 0 Å². The van der Waals surface area contributed by atoms with Gasteiger partial charge in [0.2, 0.25) is 0 Å². The van der Waals surface area contributed by atoms with Gasteiger partial charge in [0.1, 0.15) is 0 Å². The third-order valence-corrected chi connectivity index (χ3v) is 3.27. The van der Waals surface area contributed by atoms with Crippen LogP contribution >= 0.6 is 11.8 Å². The van der Waals surface area contributed by atoms with Crippen molar-refractivity contribution < 1.29 is 9.53 Å². The van der Waals surface area contributed by atoms with Crippen molar-refractivity contribution in [2.45, 2.75) is 25.7 Å². The maximum Gasteiger partial charge on any atom is 0.338 e. The van der Waals surface area contributed by atoms with Crippen molar-refractivity contribution in [2.75, 3.05) is 23.8 Å². The van der Waals surface area contributed by atoms with Crippen LogP contribution in [0.25, 0.3) is 0 Å². The Morgan fingerprint density at radius 3 is 2.33 bits per heavy atom. The van der Waals surface area contributed by atoms with Crippen molar-refractivity contribution in [3.63, 3.8) is 0 Å². The van der Waals surface area contributed by atoms with Crippen LogP contribution in [0.4, 0.5) is 11.4 Å². The Morgan fingerprint density at radius 2 is 1.89 bits per heavy atom. The smallest absolute Gasteiger partial charge is 0.338 e. The van der Waals surface area contributed by atoms with Crippen LogP contribution in [0, 0.1) is 5.92 Å². The van der Waals surface area contributed by atoms with Gasteiger partial charge in [-0.25, -0.2) is 4.79 Å². The molecule has 0 saturated heterocycles. The molecule has 0 saturated carbocycles. The molecule has 0 amide bonds. The van der Waals surface area contributed by atoms with E-state index in [0.717, 1.165) is 10.6 Å². The highest BCUT2D eigenvalue weighted by molar-refractivity contribution is 7.99. The summed E-state index contributed by atoms with van der Waals surface area (Å²) in [5.41, 5.74) is 13.2. The van der Waals surface area contributed by atoms with Gasteiger partial charge in [-0.3, -0.25) is 0 Å². The van der Waals surface area contributed by atoms with Gasteiger partial charge in [0.05, 0.1) is 17.1 Å². The second kappa shape index (κ2) is 6.54. The third kappa shape index (κ3) is 3.84. The highest BCUT2D eigenvalue weighted by Crippen LogP contribution is 2.32. The highest BCUT2D eigenvalue weighted by atomic mass is 32.2. The minimum Gasteiger partial charge on any atom is -0.462 e. The number of hydrogen-bond donors (Lipinski definition) is 2. The number of carbonyl (C=O) groups excluding carboxylic acids is 1. The van der Waals surface area contributed by atoms with Crippen molar-refractivity contribution in [1.82, 2.24) is 0 Å². The number of nitrogen functional groups attached to an aromatic ring is 2. The molecule has 0 aliphatic carbocycles. The first-order valence-corrected chi connectivity index (χ1v) is 6.93. The van der Waals surface area contributed by atoms with Crippen LogP contribution < -0.4 is 11.5 Å². The standard InChI is InChI=1S/C13H20N2O2S/c1-4-18-12-10(14)5-9(6-11(12)15)13(16)17-7-8(2)3/h5-6,8H,4,7,14-15H2,1-3H3. The van der Waals surface area contributed by atoms with Crippen LogP contribution in [0.15, 0.2) is 17.0 Å². The van der Waals surface area contributed by atoms with Gasteiger partial charge in [0.15, 0.2) is 0 Å². The molecule has 4 nitrogen and oxygen atoms in total. The zero-order valence-corrected chi connectivity index (χ0v) is 11.8. The summed E-state index contributed by atoms with van der Waals surface area (Å²) in [5, 5.41) is 0. The van der Waals surface area contributed by atoms with Crippen molar-refractivity contribution in [3.05, 3.63) is 17.7 Å². The predicted molar refractivity (Wildman–Crippen MR) is 76.8 cm³/mol. The van der Waals surface area contributed by atoms with Crippen molar-refractivity contribution >= 4 is 29.1 Å². The molecule has 0 atom stereocenters. The molecule has 0 spiro atoms. The van der Waals surface area contributed by atoms with E-state index in [1.54, 1.807) is 23.9 Å². The number of nitrogens with two attached hydrogens (primary N) is 2. The molecule has 0 aliphatic heterocycles. The molecule has 0 heterocycles. The van der Waals surface area contributed by atoms with E-state index in [-0.39, 0.29) is 5.97 Å². The number of ether oxygens (including phenoxy) is 1. The van der Waals surface area contributed by atoms with Gasteiger partial charge < -0.3 is 16.2 Å². The zero-order chi connectivity index (χ0) is 13.7. The Kier molecular flexibility index (Phi) is 5.34. The van der Waals surface area contributed by atoms with Crippen LogP contribution in [-0.2, 0) is 4.74 Å². The van der Waals surface area contributed by atoms with Crippen molar-refractivity contribution in [3.8, 4) is 0 Å². The minimum absolute atomic E-state index is 0.304. The van der Waals surface area contributed by atoms with Crippen LogP contribution in [0.3, 0.4) is 0 Å². The Balaban J connectivity index is 2.88. The van der Waals surface area contributed by atoms with Crippen molar-refractivity contribution in [2.24, 2.45) is 5.92 Å². The van der Waals surface area contributed by atoms with E-state index in [2.05, 4.69) is 0 Å². The molecule has 1 rings (SSSR count). The van der Waals surface area contributed by atoms with E-state index in [4.69, 9.17) is 16.2 Å². The highest BCUT2D eigenvalue weighted by Gasteiger charge is 2.13. The van der Waals surface area contributed by atoms with Gasteiger partial charge in [0, 0.05) is 11.4 Å². The molecule has 5 heteroatoms. The molecule has 100 valence electrons. The Morgan fingerprint density at radius 1 is 1.33 bits per heavy atom. The van der Waals surface area contributed by atoms with Crippen LogP contribution in [0.5, 0.6) is 0 Å². The summed E-state index contributed by atoms with van der Waals surface area (Å²) < 4.78 is 5.14. The normalized spacial score (nSPS) is 10.7. The summed E-state index contributed by atoms with van der Waals surface area (Å²) in [6.07, 6.45) is 0. The summed E-state index contributed by atoms with van der Waals surface area (Å²) in [6.45, 7) is 6.38. The third-order valence-electron chi connectivity index (χ3n) is 2.22. The first-order chi connectivity index (χ1) is 8.45. The average molecular weight is 268 g/mol. The summed E-state index contributed by atoms with van der Waals surface area (Å²) in [6, 6.07) is 3.24. The monoisotopic (exact) mass is 268 g/mol. The van der Waals surface area contributed by atoms with Crippen LogP contribution in [-0.4, -0.2) is 18.3 Å². The molecule has 0 radical (unpaired) electrons. The molecule has 0 unspecified atom stereocenters. The molecule has 1 aromatic carbocycles. The number of thioether (sulfide) groups is 1. The van der Waals surface area contributed by atoms with Gasteiger partial charge in [0.25, 0.3) is 0 Å². The molecular formula is C13H20N2O2S. The molecule has 1 aromatic rings. The zero-order valence-electron chi connectivity index (χ0n) is 11.0. The van der Waals surface area contributed by atoms with E-state index < -0.39 is 0 Å². The van der Waals surface area contributed by atoms with Crippen LogP contribution in [0.2, 0.25) is 0 Å². The molecule has 0 bridgehead atoms. The number of hydrogen-bond acceptors (Lipinski definition) is 5. The lowest BCUT2D eigenvalue weighted by atomic mass is 10.1. The Labute approximate surface area is 112 Å². The summed E-state index contributed by atoms with van der Waals surface area (Å²) >= 11 is 1.57. The van der Waals surface area contributed by atoms with E-state index in [9.17, 15) is 4.79 Å². The number of anilines is 2. The first-order valence-electron chi connectivity index (χ1n) is 5.94. The number of rotatable bonds is 5. The fraction of sp³-hybridized carbons (Fsp3) is 0.462. The van der Waals surface area contributed by atoms with Gasteiger partial charge in [-0.15, -0.1) is 11.8 Å².